The van der Waals surface area contributed by atoms with Crippen LogP contribution in [0.3, 0.4) is 0 Å². The van der Waals surface area contributed by atoms with Crippen molar-refractivity contribution in [1.82, 2.24) is 10.4 Å². The number of benzene rings is 2. The van der Waals surface area contributed by atoms with Crippen LogP contribution in [-0.2, 0) is 4.79 Å². The molecule has 29 heavy (non-hydrogen) atoms. The van der Waals surface area contributed by atoms with Gasteiger partial charge in [-0.2, -0.15) is 5.10 Å². The highest BCUT2D eigenvalue weighted by Gasteiger charge is 2.16. The number of hydrazone groups is 1. The minimum Gasteiger partial charge on any atom is -0.438 e. The molecular weight excluding hydrogens is 368 g/mol. The van der Waals surface area contributed by atoms with E-state index in [0.29, 0.717) is 29.8 Å². The summed E-state index contributed by atoms with van der Waals surface area (Å²) in [6.07, 6.45) is 2.59. The van der Waals surface area contributed by atoms with E-state index >= 15 is 0 Å². The monoisotopic (exact) mass is 386 g/mol. The number of hydrogen-bond donors (Lipinski definition) is 2. The van der Waals surface area contributed by atoms with Crippen LogP contribution in [0.1, 0.15) is 28.8 Å². The third kappa shape index (κ3) is 4.47. The Hall–Kier alpha value is -4.00. The molecule has 2 heterocycles. The largest absolute Gasteiger partial charge is 0.438 e. The molecule has 0 fully saturated rings. The van der Waals surface area contributed by atoms with Gasteiger partial charge in [0.15, 0.2) is 0 Å². The van der Waals surface area contributed by atoms with Crippen LogP contribution in [0.25, 0.3) is 0 Å². The van der Waals surface area contributed by atoms with Gasteiger partial charge < -0.3 is 10.1 Å². The Balaban J connectivity index is 1.48. The van der Waals surface area contributed by atoms with Crippen molar-refractivity contribution >= 4 is 23.2 Å². The zero-order chi connectivity index (χ0) is 20.1. The zero-order valence-electron chi connectivity index (χ0n) is 15.5. The normalized spacial score (nSPS) is 13.2. The summed E-state index contributed by atoms with van der Waals surface area (Å²) < 4.78 is 5.75. The summed E-state index contributed by atoms with van der Waals surface area (Å²) in [4.78, 5) is 28.1. The van der Waals surface area contributed by atoms with Gasteiger partial charge in [-0.3, -0.25) is 9.59 Å². The fourth-order valence-corrected chi connectivity index (χ4v) is 2.87. The first-order chi connectivity index (χ1) is 14.2. The van der Waals surface area contributed by atoms with Crippen LogP contribution in [0.15, 0.2) is 78.0 Å². The number of carbonyl (C=O) groups is 2. The van der Waals surface area contributed by atoms with Crippen LogP contribution in [0, 0.1) is 0 Å². The van der Waals surface area contributed by atoms with Crippen molar-refractivity contribution in [3.63, 3.8) is 0 Å². The second-order valence-corrected chi connectivity index (χ2v) is 6.40. The predicted molar refractivity (Wildman–Crippen MR) is 109 cm³/mol. The van der Waals surface area contributed by atoms with Crippen LogP contribution < -0.4 is 15.5 Å². The van der Waals surface area contributed by atoms with E-state index in [1.807, 2.05) is 30.3 Å². The molecule has 4 rings (SSSR count). The first kappa shape index (κ1) is 18.4. The van der Waals surface area contributed by atoms with Crippen LogP contribution >= 0.6 is 0 Å². The average molecular weight is 386 g/mol. The van der Waals surface area contributed by atoms with Crippen molar-refractivity contribution in [2.24, 2.45) is 5.10 Å². The number of aromatic nitrogens is 1. The minimum absolute atomic E-state index is 0.0809. The summed E-state index contributed by atoms with van der Waals surface area (Å²) in [5.74, 6) is 0.437. The molecule has 7 nitrogen and oxygen atoms in total. The lowest BCUT2D eigenvalue weighted by molar-refractivity contribution is -0.121. The summed E-state index contributed by atoms with van der Waals surface area (Å²) in [5.41, 5.74) is 5.16. The molecule has 2 aromatic carbocycles. The number of para-hydroxylation sites is 1. The second kappa shape index (κ2) is 8.35. The second-order valence-electron chi connectivity index (χ2n) is 6.40. The highest BCUT2D eigenvalue weighted by molar-refractivity contribution is 6.07. The predicted octanol–water partition coefficient (Wildman–Crippen LogP) is 3.74. The maximum absolute atomic E-state index is 12.7. The fraction of sp³-hybridized carbons (Fsp3) is 0.0909. The van der Waals surface area contributed by atoms with E-state index in [2.05, 4.69) is 20.8 Å². The number of hydrogen-bond acceptors (Lipinski definition) is 5. The molecule has 7 heteroatoms. The van der Waals surface area contributed by atoms with Crippen LogP contribution in [0.2, 0.25) is 0 Å². The van der Waals surface area contributed by atoms with Crippen molar-refractivity contribution in [2.45, 2.75) is 12.8 Å². The highest BCUT2D eigenvalue weighted by atomic mass is 16.5. The summed E-state index contributed by atoms with van der Waals surface area (Å²) >= 11 is 0. The molecule has 0 aliphatic carbocycles. The van der Waals surface area contributed by atoms with E-state index in [1.165, 1.54) is 0 Å². The number of pyridine rings is 1. The Labute approximate surface area is 167 Å². The fourth-order valence-electron chi connectivity index (χ4n) is 2.87. The molecule has 1 aliphatic heterocycles. The number of nitrogens with one attached hydrogen (secondary N) is 2. The highest BCUT2D eigenvalue weighted by Crippen LogP contribution is 2.23. The summed E-state index contributed by atoms with van der Waals surface area (Å²) in [7, 11) is 0. The smallest absolute Gasteiger partial charge is 0.261 e. The minimum atomic E-state index is -0.320. The standard InChI is InChI=1S/C22H18N4O3/c27-20-13-12-19(25-26-20)15-8-10-16(11-9-15)24-21(28)18-7-4-14-23-22(18)29-17-5-2-1-3-6-17/h1-11,14H,12-13H2,(H,24,28)(H,26,27). The van der Waals surface area contributed by atoms with E-state index in [4.69, 9.17) is 4.74 Å². The molecule has 1 aliphatic rings. The molecule has 0 radical (unpaired) electrons. The third-order valence-corrected chi connectivity index (χ3v) is 4.35. The molecular formula is C22H18N4O3. The SMILES string of the molecule is O=C1CCC(c2ccc(NC(=O)c3cccnc3Oc3ccccc3)cc2)=NN1. The molecule has 0 unspecified atom stereocenters. The lowest BCUT2D eigenvalue weighted by Crippen LogP contribution is -2.25. The van der Waals surface area contributed by atoms with Crippen molar-refractivity contribution in [3.05, 3.63) is 84.1 Å². The van der Waals surface area contributed by atoms with Gasteiger partial charge in [-0.05, 0) is 42.0 Å². The summed E-state index contributed by atoms with van der Waals surface area (Å²) in [6, 6.07) is 19.8. The Morgan fingerprint density at radius 2 is 1.76 bits per heavy atom. The number of anilines is 1. The first-order valence-electron chi connectivity index (χ1n) is 9.14. The van der Waals surface area contributed by atoms with Crippen LogP contribution in [-0.4, -0.2) is 22.5 Å². The lowest BCUT2D eigenvalue weighted by Gasteiger charge is -2.13. The summed E-state index contributed by atoms with van der Waals surface area (Å²) in [5, 5.41) is 6.93. The zero-order valence-corrected chi connectivity index (χ0v) is 15.5. The third-order valence-electron chi connectivity index (χ3n) is 4.35. The number of carbonyl (C=O) groups excluding carboxylic acids is 2. The number of amides is 2. The van der Waals surface area contributed by atoms with Gasteiger partial charge in [-0.25, -0.2) is 10.4 Å². The maximum Gasteiger partial charge on any atom is 0.261 e. The molecule has 2 N–H and O–H groups in total. The Morgan fingerprint density at radius 3 is 2.48 bits per heavy atom. The quantitative estimate of drug-likeness (QED) is 0.699. The molecule has 0 saturated carbocycles. The Morgan fingerprint density at radius 1 is 0.966 bits per heavy atom. The lowest BCUT2D eigenvalue weighted by atomic mass is 10.0. The van der Waals surface area contributed by atoms with Crippen molar-refractivity contribution in [2.75, 3.05) is 5.32 Å². The molecule has 0 saturated heterocycles. The Bertz CT molecular complexity index is 1060. The van der Waals surface area contributed by atoms with Crippen molar-refractivity contribution < 1.29 is 14.3 Å². The van der Waals surface area contributed by atoms with Gasteiger partial charge in [-0.15, -0.1) is 0 Å². The van der Waals surface area contributed by atoms with Crippen LogP contribution in [0.5, 0.6) is 11.6 Å². The van der Waals surface area contributed by atoms with Crippen LogP contribution in [0.4, 0.5) is 5.69 Å². The molecule has 0 atom stereocenters. The van der Waals surface area contributed by atoms with Crippen molar-refractivity contribution in [1.29, 1.82) is 0 Å². The number of nitrogens with zero attached hydrogens (tertiary/aromatic N) is 2. The molecule has 0 bridgehead atoms. The number of rotatable bonds is 5. The maximum atomic E-state index is 12.7. The Kier molecular flexibility index (Phi) is 5.29. The van der Waals surface area contributed by atoms with Gasteiger partial charge in [0.1, 0.15) is 11.3 Å². The van der Waals surface area contributed by atoms with E-state index in [1.54, 1.807) is 42.6 Å². The van der Waals surface area contributed by atoms with Gasteiger partial charge in [0, 0.05) is 24.7 Å². The molecule has 144 valence electrons. The first-order valence-corrected chi connectivity index (χ1v) is 9.14. The van der Waals surface area contributed by atoms with E-state index in [9.17, 15) is 9.59 Å². The van der Waals surface area contributed by atoms with E-state index < -0.39 is 0 Å². The van der Waals surface area contributed by atoms with Gasteiger partial charge in [0.2, 0.25) is 11.8 Å². The summed E-state index contributed by atoms with van der Waals surface area (Å²) in [6.45, 7) is 0. The molecule has 1 aromatic heterocycles. The topological polar surface area (TPSA) is 92.7 Å². The van der Waals surface area contributed by atoms with Gasteiger partial charge >= 0.3 is 0 Å². The van der Waals surface area contributed by atoms with Crippen molar-refractivity contribution in [3.8, 4) is 11.6 Å². The van der Waals surface area contributed by atoms with E-state index in [-0.39, 0.29) is 17.7 Å². The average Bonchev–Trinajstić information content (AvgIpc) is 2.76. The molecule has 0 spiro atoms. The molecule has 3 aromatic rings. The molecule has 2 amide bonds. The van der Waals surface area contributed by atoms with Gasteiger partial charge in [0.25, 0.3) is 5.91 Å². The van der Waals surface area contributed by atoms with Gasteiger partial charge in [-0.1, -0.05) is 30.3 Å². The van der Waals surface area contributed by atoms with Gasteiger partial charge in [0.05, 0.1) is 5.71 Å². The number of ether oxygens (including phenoxy) is 1. The van der Waals surface area contributed by atoms with E-state index in [0.717, 1.165) is 11.3 Å².